The molecule has 1 aromatic heterocycles. The summed E-state index contributed by atoms with van der Waals surface area (Å²) in [5, 5.41) is 15.4. The van der Waals surface area contributed by atoms with Gasteiger partial charge >= 0.3 is 5.97 Å². The zero-order chi connectivity index (χ0) is 13.0. The minimum absolute atomic E-state index is 0.474. The van der Waals surface area contributed by atoms with E-state index in [9.17, 15) is 9.90 Å². The number of nitrogens with zero attached hydrogens (tertiary/aromatic N) is 1. The average Bonchev–Trinajstić information content (AvgIpc) is 2.62. The predicted octanol–water partition coefficient (Wildman–Crippen LogP) is 3.74. The van der Waals surface area contributed by atoms with E-state index >= 15 is 0 Å². The first-order chi connectivity index (χ1) is 8.62. The molecular weight excluding hydrogens is 316 g/mol. The molecule has 2 rings (SSSR count). The zero-order valence-corrected chi connectivity index (χ0v) is 12.5. The summed E-state index contributed by atoms with van der Waals surface area (Å²) in [6.07, 6.45) is 5.85. The van der Waals surface area contributed by atoms with Crippen molar-refractivity contribution in [2.75, 3.05) is 11.9 Å². The summed E-state index contributed by atoms with van der Waals surface area (Å²) in [6.45, 7) is 0.474. The van der Waals surface area contributed by atoms with E-state index in [2.05, 4.69) is 26.2 Å². The largest absolute Gasteiger partial charge is 0.481 e. The van der Waals surface area contributed by atoms with Crippen LogP contribution in [0.4, 0.5) is 5.13 Å². The van der Waals surface area contributed by atoms with Crippen molar-refractivity contribution in [3.05, 3.63) is 9.98 Å². The molecule has 0 spiro atoms. The maximum atomic E-state index is 11.6. The highest BCUT2D eigenvalue weighted by Crippen LogP contribution is 2.36. The van der Waals surface area contributed by atoms with Gasteiger partial charge in [-0.05, 0) is 28.8 Å². The van der Waals surface area contributed by atoms with Crippen LogP contribution >= 0.6 is 27.3 Å². The van der Waals surface area contributed by atoms with E-state index in [-0.39, 0.29) is 0 Å². The number of thiazole rings is 1. The third-order valence-electron chi connectivity index (χ3n) is 3.57. The Bertz CT molecular complexity index is 414. The van der Waals surface area contributed by atoms with Crippen LogP contribution < -0.4 is 5.32 Å². The van der Waals surface area contributed by atoms with Crippen LogP contribution in [0.5, 0.6) is 0 Å². The van der Waals surface area contributed by atoms with Gasteiger partial charge in [-0.25, -0.2) is 4.98 Å². The van der Waals surface area contributed by atoms with E-state index in [4.69, 9.17) is 0 Å². The first kappa shape index (κ1) is 13.8. The average molecular weight is 333 g/mol. The molecule has 0 aliphatic heterocycles. The Labute approximate surface area is 119 Å². The first-order valence-electron chi connectivity index (χ1n) is 6.21. The summed E-state index contributed by atoms with van der Waals surface area (Å²) in [6, 6.07) is 0. The van der Waals surface area contributed by atoms with Gasteiger partial charge in [0.25, 0.3) is 0 Å². The number of carbonyl (C=O) groups is 1. The van der Waals surface area contributed by atoms with Crippen LogP contribution in [0.25, 0.3) is 0 Å². The molecule has 0 bridgehead atoms. The molecule has 4 nitrogen and oxygen atoms in total. The lowest BCUT2D eigenvalue weighted by Gasteiger charge is -2.28. The molecule has 0 radical (unpaired) electrons. The number of nitrogens with one attached hydrogen (secondary N) is 1. The normalized spacial score (nSPS) is 19.2. The molecule has 0 saturated heterocycles. The Morgan fingerprint density at radius 3 is 2.61 bits per heavy atom. The molecule has 6 heteroatoms. The topological polar surface area (TPSA) is 62.2 Å². The number of carboxylic acid groups (broad SMARTS) is 1. The van der Waals surface area contributed by atoms with Crippen molar-refractivity contribution in [2.45, 2.75) is 38.5 Å². The van der Waals surface area contributed by atoms with Crippen molar-refractivity contribution in [1.82, 2.24) is 4.98 Å². The molecule has 2 N–H and O–H groups in total. The SMILES string of the molecule is O=C(O)C1(CNc2nc(Br)cs2)CCCCCC1. The maximum absolute atomic E-state index is 11.6. The number of halogens is 1. The summed E-state index contributed by atoms with van der Waals surface area (Å²) in [5.41, 5.74) is -0.616. The molecule has 1 fully saturated rings. The second-order valence-electron chi connectivity index (χ2n) is 4.83. The van der Waals surface area contributed by atoms with Crippen LogP contribution in [-0.2, 0) is 4.79 Å². The van der Waals surface area contributed by atoms with Crippen molar-refractivity contribution in [1.29, 1.82) is 0 Å². The van der Waals surface area contributed by atoms with Crippen LogP contribution in [0, 0.1) is 5.41 Å². The van der Waals surface area contributed by atoms with Crippen molar-refractivity contribution in [2.24, 2.45) is 5.41 Å². The fourth-order valence-corrected chi connectivity index (χ4v) is 3.59. The minimum atomic E-state index is -0.674. The highest BCUT2D eigenvalue weighted by atomic mass is 79.9. The number of anilines is 1. The summed E-state index contributed by atoms with van der Waals surface area (Å²) < 4.78 is 0.792. The number of rotatable bonds is 4. The number of aromatic nitrogens is 1. The summed E-state index contributed by atoms with van der Waals surface area (Å²) in [4.78, 5) is 15.8. The standard InChI is InChI=1S/C12H17BrN2O2S/c13-9-7-18-11(15-9)14-8-12(10(16)17)5-3-1-2-4-6-12/h7H,1-6,8H2,(H,14,15)(H,16,17). The Hall–Kier alpha value is -0.620. The summed E-state index contributed by atoms with van der Waals surface area (Å²) in [7, 11) is 0. The molecule has 0 aromatic carbocycles. The van der Waals surface area contributed by atoms with Gasteiger partial charge in [-0.3, -0.25) is 4.79 Å². The second-order valence-corrected chi connectivity index (χ2v) is 6.50. The van der Waals surface area contributed by atoms with E-state index in [1.165, 1.54) is 11.3 Å². The summed E-state index contributed by atoms with van der Waals surface area (Å²) in [5.74, 6) is -0.674. The molecule has 1 saturated carbocycles. The van der Waals surface area contributed by atoms with Gasteiger partial charge in [-0.1, -0.05) is 25.7 Å². The second kappa shape index (κ2) is 6.02. The highest BCUT2D eigenvalue weighted by Gasteiger charge is 2.38. The molecule has 1 aliphatic carbocycles. The fourth-order valence-electron chi connectivity index (χ4n) is 2.45. The molecule has 18 heavy (non-hydrogen) atoms. The van der Waals surface area contributed by atoms with Gasteiger partial charge in [-0.15, -0.1) is 11.3 Å². The van der Waals surface area contributed by atoms with Crippen LogP contribution in [0.15, 0.2) is 9.98 Å². The van der Waals surface area contributed by atoms with Crippen molar-refractivity contribution >= 4 is 38.4 Å². The van der Waals surface area contributed by atoms with Gasteiger partial charge in [0.1, 0.15) is 4.60 Å². The molecule has 1 heterocycles. The number of carboxylic acids is 1. The molecule has 0 unspecified atom stereocenters. The molecule has 1 aliphatic rings. The number of hydrogen-bond acceptors (Lipinski definition) is 4. The first-order valence-corrected chi connectivity index (χ1v) is 7.88. The van der Waals surface area contributed by atoms with Crippen LogP contribution in [-0.4, -0.2) is 22.6 Å². The molecule has 0 atom stereocenters. The quantitative estimate of drug-likeness (QED) is 0.824. The van der Waals surface area contributed by atoms with Gasteiger partial charge in [-0.2, -0.15) is 0 Å². The molecular formula is C12H17BrN2O2S. The van der Waals surface area contributed by atoms with Gasteiger partial charge in [0.05, 0.1) is 5.41 Å². The summed E-state index contributed by atoms with van der Waals surface area (Å²) >= 11 is 4.79. The fraction of sp³-hybridized carbons (Fsp3) is 0.667. The lowest BCUT2D eigenvalue weighted by Crippen LogP contribution is -2.37. The smallest absolute Gasteiger partial charge is 0.311 e. The lowest BCUT2D eigenvalue weighted by atomic mass is 9.80. The number of aliphatic carboxylic acids is 1. The Morgan fingerprint density at radius 1 is 1.44 bits per heavy atom. The number of hydrogen-bond donors (Lipinski definition) is 2. The van der Waals surface area contributed by atoms with E-state index in [1.54, 1.807) is 0 Å². The highest BCUT2D eigenvalue weighted by molar-refractivity contribution is 9.10. The van der Waals surface area contributed by atoms with Crippen molar-refractivity contribution < 1.29 is 9.90 Å². The zero-order valence-electron chi connectivity index (χ0n) is 10.1. The monoisotopic (exact) mass is 332 g/mol. The van der Waals surface area contributed by atoms with E-state index in [0.717, 1.165) is 48.3 Å². The Kier molecular flexibility index (Phi) is 4.61. The van der Waals surface area contributed by atoms with Gasteiger partial charge in [0.15, 0.2) is 5.13 Å². The molecule has 1 aromatic rings. The molecule has 0 amide bonds. The Balaban J connectivity index is 2.03. The van der Waals surface area contributed by atoms with E-state index in [1.807, 2.05) is 5.38 Å². The Morgan fingerprint density at radius 2 is 2.11 bits per heavy atom. The lowest BCUT2D eigenvalue weighted by molar-refractivity contribution is -0.149. The third kappa shape index (κ3) is 3.23. The van der Waals surface area contributed by atoms with Gasteiger partial charge < -0.3 is 10.4 Å². The van der Waals surface area contributed by atoms with E-state index in [0.29, 0.717) is 6.54 Å². The third-order valence-corrected chi connectivity index (χ3v) is 5.08. The van der Waals surface area contributed by atoms with Gasteiger partial charge in [0, 0.05) is 11.9 Å². The van der Waals surface area contributed by atoms with Crippen molar-refractivity contribution in [3.63, 3.8) is 0 Å². The van der Waals surface area contributed by atoms with Crippen molar-refractivity contribution in [3.8, 4) is 0 Å². The molecule has 100 valence electrons. The predicted molar refractivity (Wildman–Crippen MR) is 76.1 cm³/mol. The van der Waals surface area contributed by atoms with E-state index < -0.39 is 11.4 Å². The van der Waals surface area contributed by atoms with Crippen LogP contribution in [0.3, 0.4) is 0 Å². The van der Waals surface area contributed by atoms with Crippen LogP contribution in [0.1, 0.15) is 38.5 Å². The van der Waals surface area contributed by atoms with Crippen LogP contribution in [0.2, 0.25) is 0 Å². The van der Waals surface area contributed by atoms with Gasteiger partial charge in [0.2, 0.25) is 0 Å². The maximum Gasteiger partial charge on any atom is 0.311 e. The minimum Gasteiger partial charge on any atom is -0.481 e.